The van der Waals surface area contributed by atoms with E-state index in [1.54, 1.807) is 18.0 Å². The number of hydrogen-bond donors (Lipinski definition) is 1. The molecular formula is C21H22N4O3S. The Balaban J connectivity index is 1.60. The number of methoxy groups -OCH3 is 1. The van der Waals surface area contributed by atoms with Crippen LogP contribution in [0.2, 0.25) is 0 Å². The quantitative estimate of drug-likeness (QED) is 0.546. The molecule has 1 aromatic heterocycles. The number of hydrogen-bond acceptors (Lipinski definition) is 6. The van der Waals surface area contributed by atoms with Crippen LogP contribution < -0.4 is 10.1 Å². The van der Waals surface area contributed by atoms with Gasteiger partial charge in [0.15, 0.2) is 10.9 Å². The van der Waals surface area contributed by atoms with Gasteiger partial charge < -0.3 is 10.1 Å². The second kappa shape index (κ2) is 9.88. The van der Waals surface area contributed by atoms with Crippen LogP contribution in [0.15, 0.2) is 66.1 Å². The van der Waals surface area contributed by atoms with E-state index in [-0.39, 0.29) is 17.4 Å². The van der Waals surface area contributed by atoms with Crippen molar-refractivity contribution in [1.82, 2.24) is 20.1 Å². The first-order valence-electron chi connectivity index (χ1n) is 9.08. The lowest BCUT2D eigenvalue weighted by molar-refractivity contribution is -0.125. The van der Waals surface area contributed by atoms with Crippen molar-refractivity contribution in [2.24, 2.45) is 0 Å². The third kappa shape index (κ3) is 5.68. The second-order valence-corrected chi connectivity index (χ2v) is 7.33. The van der Waals surface area contributed by atoms with E-state index >= 15 is 0 Å². The van der Waals surface area contributed by atoms with Crippen LogP contribution in [-0.4, -0.2) is 45.4 Å². The molecule has 1 unspecified atom stereocenters. The zero-order valence-corrected chi connectivity index (χ0v) is 17.1. The van der Waals surface area contributed by atoms with Gasteiger partial charge in [-0.1, -0.05) is 42.1 Å². The first-order valence-corrected chi connectivity index (χ1v) is 10.1. The predicted octanol–water partition coefficient (Wildman–Crippen LogP) is 2.68. The molecule has 1 amide bonds. The number of thioether (sulfide) groups is 1. The molecule has 0 aliphatic rings. The Kier molecular flexibility index (Phi) is 7.02. The van der Waals surface area contributed by atoms with Crippen molar-refractivity contribution in [3.63, 3.8) is 0 Å². The molecule has 2 aromatic carbocycles. The van der Waals surface area contributed by atoms with Crippen molar-refractivity contribution in [1.29, 1.82) is 0 Å². The summed E-state index contributed by atoms with van der Waals surface area (Å²) in [6.45, 7) is 1.49. The molecule has 0 fully saturated rings. The van der Waals surface area contributed by atoms with Crippen molar-refractivity contribution < 1.29 is 14.3 Å². The lowest BCUT2D eigenvalue weighted by Gasteiger charge is -2.16. The fraction of sp³-hybridized carbons (Fsp3) is 0.238. The van der Waals surface area contributed by atoms with Gasteiger partial charge in [0.1, 0.15) is 12.1 Å². The van der Waals surface area contributed by atoms with Crippen LogP contribution in [0.3, 0.4) is 0 Å². The van der Waals surface area contributed by atoms with Gasteiger partial charge in [-0.15, -0.1) is 10.2 Å². The highest BCUT2D eigenvalue weighted by molar-refractivity contribution is 7.99. The monoisotopic (exact) mass is 410 g/mol. The van der Waals surface area contributed by atoms with E-state index in [4.69, 9.17) is 4.74 Å². The highest BCUT2D eigenvalue weighted by Gasteiger charge is 2.18. The summed E-state index contributed by atoms with van der Waals surface area (Å²) >= 11 is 1.26. The summed E-state index contributed by atoms with van der Waals surface area (Å²) in [6, 6.07) is 16.5. The van der Waals surface area contributed by atoms with Crippen molar-refractivity contribution in [2.45, 2.75) is 24.5 Å². The van der Waals surface area contributed by atoms with E-state index in [1.165, 1.54) is 18.7 Å². The van der Waals surface area contributed by atoms with Gasteiger partial charge in [-0.2, -0.15) is 0 Å². The fourth-order valence-corrected chi connectivity index (χ4v) is 3.50. The van der Waals surface area contributed by atoms with E-state index in [0.717, 1.165) is 17.0 Å². The Morgan fingerprint density at radius 3 is 2.52 bits per heavy atom. The van der Waals surface area contributed by atoms with Gasteiger partial charge in [0.05, 0.1) is 18.9 Å². The molecule has 1 N–H and O–H groups in total. The van der Waals surface area contributed by atoms with Crippen molar-refractivity contribution in [3.8, 4) is 11.4 Å². The molecule has 3 rings (SSSR count). The van der Waals surface area contributed by atoms with Gasteiger partial charge in [0.2, 0.25) is 5.91 Å². The highest BCUT2D eigenvalue weighted by atomic mass is 32.2. The number of benzene rings is 2. The lowest BCUT2D eigenvalue weighted by Crippen LogP contribution is -2.42. The molecule has 0 aliphatic carbocycles. The molecule has 29 heavy (non-hydrogen) atoms. The van der Waals surface area contributed by atoms with E-state index in [0.29, 0.717) is 11.6 Å². The molecule has 0 spiro atoms. The molecule has 0 aliphatic heterocycles. The minimum Gasteiger partial charge on any atom is -0.497 e. The molecular weight excluding hydrogens is 388 g/mol. The summed E-state index contributed by atoms with van der Waals surface area (Å²) < 4.78 is 6.96. The zero-order chi connectivity index (χ0) is 20.6. The Morgan fingerprint density at radius 1 is 1.14 bits per heavy atom. The Bertz CT molecular complexity index is 958. The van der Waals surface area contributed by atoms with Crippen LogP contribution in [-0.2, 0) is 16.0 Å². The number of ether oxygens (including phenoxy) is 1. The zero-order valence-electron chi connectivity index (χ0n) is 16.2. The standard InChI is InChI=1S/C21H22N4O3S/c1-15(26)19(12-16-6-4-3-5-7-16)23-20(27)13-29-21-24-22-14-25(21)17-8-10-18(28-2)11-9-17/h3-11,14,19H,12-13H2,1-2H3,(H,23,27). The number of nitrogens with one attached hydrogen (secondary N) is 1. The number of carbonyl (C=O) groups is 2. The molecule has 0 saturated heterocycles. The van der Waals surface area contributed by atoms with Gasteiger partial charge in [0.25, 0.3) is 0 Å². The molecule has 0 saturated carbocycles. The van der Waals surface area contributed by atoms with Gasteiger partial charge in [-0.25, -0.2) is 0 Å². The smallest absolute Gasteiger partial charge is 0.231 e. The maximum atomic E-state index is 12.4. The molecule has 0 radical (unpaired) electrons. The summed E-state index contributed by atoms with van der Waals surface area (Å²) in [6.07, 6.45) is 2.06. The third-order valence-electron chi connectivity index (χ3n) is 4.31. The van der Waals surface area contributed by atoms with Gasteiger partial charge in [-0.05, 0) is 43.2 Å². The molecule has 0 bridgehead atoms. The Hall–Kier alpha value is -3.13. The Morgan fingerprint density at radius 2 is 1.86 bits per heavy atom. The number of Topliss-reactive ketones (excluding diaryl/α,β-unsaturated/α-hetero) is 1. The fourth-order valence-electron chi connectivity index (χ4n) is 2.76. The first kappa shape index (κ1) is 20.6. The molecule has 1 atom stereocenters. The summed E-state index contributed by atoms with van der Waals surface area (Å²) in [5, 5.41) is 11.4. The highest BCUT2D eigenvalue weighted by Crippen LogP contribution is 2.21. The van der Waals surface area contributed by atoms with Crippen LogP contribution >= 0.6 is 11.8 Å². The van der Waals surface area contributed by atoms with Crippen LogP contribution in [0.4, 0.5) is 0 Å². The van der Waals surface area contributed by atoms with Crippen molar-refractivity contribution in [3.05, 3.63) is 66.5 Å². The average molecular weight is 410 g/mol. The molecule has 1 heterocycles. The first-order chi connectivity index (χ1) is 14.1. The minimum absolute atomic E-state index is 0.0754. The third-order valence-corrected chi connectivity index (χ3v) is 5.25. The normalized spacial score (nSPS) is 11.7. The van der Waals surface area contributed by atoms with E-state index in [2.05, 4.69) is 15.5 Å². The lowest BCUT2D eigenvalue weighted by atomic mass is 10.0. The largest absolute Gasteiger partial charge is 0.497 e. The number of rotatable bonds is 9. The maximum absolute atomic E-state index is 12.4. The van der Waals surface area contributed by atoms with Crippen LogP contribution in [0.5, 0.6) is 5.75 Å². The van der Waals surface area contributed by atoms with Crippen LogP contribution in [0.1, 0.15) is 12.5 Å². The van der Waals surface area contributed by atoms with Gasteiger partial charge in [0, 0.05) is 5.69 Å². The topological polar surface area (TPSA) is 86.1 Å². The number of ketones is 1. The summed E-state index contributed by atoms with van der Waals surface area (Å²) in [7, 11) is 1.61. The molecule has 3 aromatic rings. The number of aromatic nitrogens is 3. The number of carbonyl (C=O) groups excluding carboxylic acids is 2. The minimum atomic E-state index is -0.551. The van der Waals surface area contributed by atoms with E-state index in [9.17, 15) is 9.59 Å². The molecule has 150 valence electrons. The van der Waals surface area contributed by atoms with E-state index in [1.807, 2.05) is 54.6 Å². The summed E-state index contributed by atoms with van der Waals surface area (Å²) in [5.74, 6) is 0.584. The predicted molar refractivity (Wildman–Crippen MR) is 111 cm³/mol. The maximum Gasteiger partial charge on any atom is 0.231 e. The summed E-state index contributed by atoms with van der Waals surface area (Å²) in [5.41, 5.74) is 1.87. The second-order valence-electron chi connectivity index (χ2n) is 6.39. The molecule has 8 heteroatoms. The van der Waals surface area contributed by atoms with Crippen LogP contribution in [0, 0.1) is 0 Å². The average Bonchev–Trinajstić information content (AvgIpc) is 3.21. The van der Waals surface area contributed by atoms with E-state index < -0.39 is 6.04 Å². The van der Waals surface area contributed by atoms with Crippen molar-refractivity contribution in [2.75, 3.05) is 12.9 Å². The summed E-state index contributed by atoms with van der Waals surface area (Å²) in [4.78, 5) is 24.4. The van der Waals surface area contributed by atoms with Crippen molar-refractivity contribution >= 4 is 23.5 Å². The molecule has 7 nitrogen and oxygen atoms in total. The number of amides is 1. The SMILES string of the molecule is COc1ccc(-n2cnnc2SCC(=O)NC(Cc2ccccc2)C(C)=O)cc1. The van der Waals surface area contributed by atoms with Gasteiger partial charge in [-0.3, -0.25) is 14.2 Å². The number of nitrogens with zero attached hydrogens (tertiary/aromatic N) is 3. The Labute approximate surface area is 173 Å². The van der Waals surface area contributed by atoms with Gasteiger partial charge >= 0.3 is 0 Å². The van der Waals surface area contributed by atoms with Crippen LogP contribution in [0.25, 0.3) is 5.69 Å².